The fourth-order valence-electron chi connectivity index (χ4n) is 3.67. The van der Waals surface area contributed by atoms with Gasteiger partial charge in [0.15, 0.2) is 0 Å². The zero-order valence-electron chi connectivity index (χ0n) is 13.5. The highest BCUT2D eigenvalue weighted by Gasteiger charge is 2.60. The van der Waals surface area contributed by atoms with E-state index in [1.54, 1.807) is 0 Å². The Kier molecular flexibility index (Phi) is 3.57. The number of hydrogen-bond donors (Lipinski definition) is 0. The molecule has 0 aliphatic carbocycles. The Hall–Kier alpha value is -2.42. The predicted molar refractivity (Wildman–Crippen MR) is 77.9 cm³/mol. The molecule has 2 amide bonds. The first-order chi connectivity index (χ1) is 11.9. The van der Waals surface area contributed by atoms with E-state index in [0.717, 1.165) is 0 Å². The third kappa shape index (κ3) is 2.41. The summed E-state index contributed by atoms with van der Waals surface area (Å²) >= 11 is 0. The van der Waals surface area contributed by atoms with E-state index in [4.69, 9.17) is 14.2 Å². The number of rotatable bonds is 5. The summed E-state index contributed by atoms with van der Waals surface area (Å²) in [6.07, 6.45) is 2.42. The van der Waals surface area contributed by atoms with Crippen LogP contribution in [0.25, 0.3) is 0 Å². The molecule has 9 nitrogen and oxygen atoms in total. The maximum Gasteiger partial charge on any atom is 0.509 e. The van der Waals surface area contributed by atoms with Crippen LogP contribution < -0.4 is 0 Å². The van der Waals surface area contributed by atoms with Crippen molar-refractivity contribution in [3.8, 4) is 0 Å². The second-order valence-corrected chi connectivity index (χ2v) is 6.69. The maximum absolute atomic E-state index is 12.4. The van der Waals surface area contributed by atoms with Crippen molar-refractivity contribution in [2.75, 3.05) is 19.8 Å². The predicted octanol–water partition coefficient (Wildman–Crippen LogP) is -0.216. The second kappa shape index (κ2) is 5.55. The van der Waals surface area contributed by atoms with Gasteiger partial charge in [-0.05, 0) is 13.3 Å². The molecular weight excluding hydrogens is 334 g/mol. The smallest absolute Gasteiger partial charge is 0.463 e. The fraction of sp³-hybridized carbons (Fsp3) is 0.625. The Morgan fingerprint density at radius 3 is 2.44 bits per heavy atom. The van der Waals surface area contributed by atoms with Gasteiger partial charge in [0, 0.05) is 6.54 Å². The first-order valence-corrected chi connectivity index (χ1v) is 8.13. The average molecular weight is 351 g/mol. The van der Waals surface area contributed by atoms with Crippen LogP contribution in [0.2, 0.25) is 0 Å². The van der Waals surface area contributed by atoms with Gasteiger partial charge in [0.2, 0.25) is 17.4 Å². The largest absolute Gasteiger partial charge is 0.509 e. The van der Waals surface area contributed by atoms with Crippen LogP contribution in [0, 0.1) is 11.8 Å². The number of ether oxygens (including phenoxy) is 4. The Labute approximate surface area is 142 Å². The molecule has 2 bridgehead atoms. The summed E-state index contributed by atoms with van der Waals surface area (Å²) in [5.74, 6) is -2.05. The van der Waals surface area contributed by atoms with Crippen LogP contribution in [-0.2, 0) is 33.3 Å². The molecule has 0 radical (unpaired) electrons. The van der Waals surface area contributed by atoms with E-state index in [0.29, 0.717) is 6.42 Å². The Balaban J connectivity index is 1.27. The lowest BCUT2D eigenvalue weighted by Crippen LogP contribution is -2.40. The minimum absolute atomic E-state index is 0.0000255. The maximum atomic E-state index is 12.4. The van der Waals surface area contributed by atoms with E-state index in [9.17, 15) is 19.2 Å². The van der Waals surface area contributed by atoms with Crippen molar-refractivity contribution in [1.29, 1.82) is 0 Å². The molecule has 4 heterocycles. The van der Waals surface area contributed by atoms with Crippen molar-refractivity contribution < 1.29 is 38.1 Å². The van der Waals surface area contributed by atoms with Crippen molar-refractivity contribution in [3.05, 3.63) is 12.2 Å². The van der Waals surface area contributed by atoms with Gasteiger partial charge in [-0.25, -0.2) is 9.59 Å². The van der Waals surface area contributed by atoms with Gasteiger partial charge in [-0.15, -0.1) is 0 Å². The van der Waals surface area contributed by atoms with Crippen LogP contribution in [0.5, 0.6) is 0 Å². The lowest BCUT2D eigenvalue weighted by Gasteiger charge is -2.19. The van der Waals surface area contributed by atoms with Gasteiger partial charge in [0.1, 0.15) is 6.61 Å². The molecule has 4 aliphatic rings. The summed E-state index contributed by atoms with van der Waals surface area (Å²) < 4.78 is 20.0. The van der Waals surface area contributed by atoms with Gasteiger partial charge < -0.3 is 18.9 Å². The van der Waals surface area contributed by atoms with Crippen molar-refractivity contribution in [1.82, 2.24) is 4.90 Å². The molecule has 0 aromatic heterocycles. The number of fused-ring (bicyclic) bond motifs is 5. The van der Waals surface area contributed by atoms with Gasteiger partial charge in [-0.2, -0.15) is 0 Å². The van der Waals surface area contributed by atoms with Gasteiger partial charge in [0.25, 0.3) is 0 Å². The first-order valence-electron chi connectivity index (χ1n) is 8.13. The Morgan fingerprint density at radius 2 is 1.88 bits per heavy atom. The first kappa shape index (κ1) is 16.1. The number of imide groups is 1. The molecule has 4 rings (SSSR count). The number of carbonyl (C=O) groups excluding carboxylic acids is 4. The van der Waals surface area contributed by atoms with Crippen LogP contribution in [-0.4, -0.2) is 66.4 Å². The van der Waals surface area contributed by atoms with Crippen LogP contribution >= 0.6 is 0 Å². The molecule has 0 saturated carbocycles. The summed E-state index contributed by atoms with van der Waals surface area (Å²) in [4.78, 5) is 48.9. The van der Waals surface area contributed by atoms with Crippen LogP contribution in [0.1, 0.15) is 13.3 Å². The zero-order valence-corrected chi connectivity index (χ0v) is 13.5. The Morgan fingerprint density at radius 1 is 1.24 bits per heavy atom. The molecule has 0 aromatic rings. The number of hydrogen-bond acceptors (Lipinski definition) is 8. The van der Waals surface area contributed by atoms with Crippen LogP contribution in [0.3, 0.4) is 0 Å². The summed E-state index contributed by atoms with van der Waals surface area (Å²) in [6.45, 7) is 1.37. The van der Waals surface area contributed by atoms with Gasteiger partial charge >= 0.3 is 12.1 Å². The molecule has 134 valence electrons. The molecule has 1 unspecified atom stereocenters. The van der Waals surface area contributed by atoms with E-state index in [-0.39, 0.29) is 43.8 Å². The monoisotopic (exact) mass is 351 g/mol. The van der Waals surface area contributed by atoms with Gasteiger partial charge in [0.05, 0.1) is 30.7 Å². The number of esters is 1. The summed E-state index contributed by atoms with van der Waals surface area (Å²) in [5.41, 5.74) is -1.45. The topological polar surface area (TPSA) is 108 Å². The third-order valence-electron chi connectivity index (χ3n) is 4.97. The molecular formula is C16H17NO8. The number of cyclic esters (lactones) is 2. The van der Waals surface area contributed by atoms with E-state index >= 15 is 0 Å². The van der Waals surface area contributed by atoms with Gasteiger partial charge in [-0.1, -0.05) is 12.2 Å². The third-order valence-corrected chi connectivity index (χ3v) is 4.97. The molecule has 0 N–H and O–H groups in total. The van der Waals surface area contributed by atoms with E-state index in [2.05, 4.69) is 4.74 Å². The summed E-state index contributed by atoms with van der Waals surface area (Å²) in [7, 11) is 0. The molecule has 0 aromatic carbocycles. The minimum atomic E-state index is -1.45. The molecule has 9 heteroatoms. The minimum Gasteiger partial charge on any atom is -0.463 e. The van der Waals surface area contributed by atoms with Crippen molar-refractivity contribution >= 4 is 23.9 Å². The second-order valence-electron chi connectivity index (χ2n) is 6.69. The number of carbonyl (C=O) groups is 4. The highest BCUT2D eigenvalue weighted by Crippen LogP contribution is 2.45. The normalized spacial score (nSPS) is 38.1. The van der Waals surface area contributed by atoms with E-state index < -0.39 is 29.6 Å². The van der Waals surface area contributed by atoms with Crippen LogP contribution in [0.15, 0.2) is 12.2 Å². The highest BCUT2D eigenvalue weighted by molar-refractivity contribution is 6.06. The molecule has 3 fully saturated rings. The van der Waals surface area contributed by atoms with Crippen molar-refractivity contribution in [2.45, 2.75) is 31.2 Å². The number of amides is 2. The Bertz CT molecular complexity index is 658. The van der Waals surface area contributed by atoms with Crippen molar-refractivity contribution in [3.63, 3.8) is 0 Å². The van der Waals surface area contributed by atoms with Crippen LogP contribution in [0.4, 0.5) is 4.79 Å². The SMILES string of the molecule is CC1(C(=O)OCCCN2C(=O)[C@@H]3[C@H](C2=O)[C@H]2C=C[C@@H]3O2)COC(=O)O1. The molecule has 5 atom stereocenters. The lowest BCUT2D eigenvalue weighted by atomic mass is 9.85. The zero-order chi connectivity index (χ0) is 17.8. The molecule has 25 heavy (non-hydrogen) atoms. The summed E-state index contributed by atoms with van der Waals surface area (Å²) in [5, 5.41) is 0. The fourth-order valence-corrected chi connectivity index (χ4v) is 3.67. The van der Waals surface area contributed by atoms with Gasteiger partial charge in [-0.3, -0.25) is 14.5 Å². The molecule has 4 aliphatic heterocycles. The lowest BCUT2D eigenvalue weighted by molar-refractivity contribution is -0.160. The number of nitrogens with zero attached hydrogens (tertiary/aromatic N) is 1. The molecule has 0 spiro atoms. The van der Waals surface area contributed by atoms with E-state index in [1.165, 1.54) is 11.8 Å². The standard InChI is InChI=1S/C16H17NO8/c1-16(7-23-15(21)25-16)14(20)22-6-2-5-17-12(18)10-8-3-4-9(24-8)11(10)13(17)19/h3-4,8-11H,2,5-7H2,1H3/t8-,9+,10-,11+,16?. The van der Waals surface area contributed by atoms with Crippen molar-refractivity contribution in [2.24, 2.45) is 11.8 Å². The summed E-state index contributed by atoms with van der Waals surface area (Å²) in [6, 6.07) is 0. The molecule has 3 saturated heterocycles. The van der Waals surface area contributed by atoms with E-state index in [1.807, 2.05) is 12.2 Å². The highest BCUT2D eigenvalue weighted by atomic mass is 16.8. The number of likely N-dealkylation sites (tertiary alicyclic amines) is 1. The average Bonchev–Trinajstić information content (AvgIpc) is 3.31. The quantitative estimate of drug-likeness (QED) is 0.290.